The van der Waals surface area contributed by atoms with Gasteiger partial charge < -0.3 is 23.3 Å². The molecule has 1 aliphatic heterocycles. The summed E-state index contributed by atoms with van der Waals surface area (Å²) < 4.78 is 40.2. The molecule has 1 fully saturated rings. The van der Waals surface area contributed by atoms with Gasteiger partial charge >= 0.3 is 13.1 Å². The number of hydrogen-bond donors (Lipinski definition) is 0. The van der Waals surface area contributed by atoms with Gasteiger partial charge in [-0.15, -0.1) is 0 Å². The van der Waals surface area contributed by atoms with Crippen LogP contribution >= 0.6 is 0 Å². The number of carbonyl (C=O) groups is 1. The zero-order chi connectivity index (χ0) is 32.1. The smallest absolute Gasteiger partial charge is 0.494 e. The summed E-state index contributed by atoms with van der Waals surface area (Å²) in [7, 11) is 0.999. The lowest BCUT2D eigenvalue weighted by atomic mass is 9.76. The number of halogens is 1. The van der Waals surface area contributed by atoms with Gasteiger partial charge in [-0.1, -0.05) is 56.3 Å². The van der Waals surface area contributed by atoms with Crippen molar-refractivity contribution in [3.8, 4) is 28.1 Å². The number of benzene rings is 3. The monoisotopic (exact) mass is 611 g/mol. The van der Waals surface area contributed by atoms with E-state index in [1.165, 1.54) is 17.8 Å². The van der Waals surface area contributed by atoms with Gasteiger partial charge in [-0.3, -0.25) is 4.79 Å². The zero-order valence-electron chi connectivity index (χ0n) is 27.1. The quantitative estimate of drug-likeness (QED) is 0.135. The fourth-order valence-corrected chi connectivity index (χ4v) is 5.91. The highest BCUT2D eigenvalue weighted by atomic mass is 19.1. The molecule has 236 valence electrons. The van der Waals surface area contributed by atoms with Gasteiger partial charge in [0.25, 0.3) is 0 Å². The molecular formula is C37H43BFNO5. The van der Waals surface area contributed by atoms with Crippen molar-refractivity contribution in [2.75, 3.05) is 7.11 Å². The van der Waals surface area contributed by atoms with E-state index in [1.54, 1.807) is 7.11 Å². The molecule has 1 saturated heterocycles. The van der Waals surface area contributed by atoms with Crippen molar-refractivity contribution in [3.63, 3.8) is 0 Å². The molecule has 0 radical (unpaired) electrons. The summed E-state index contributed by atoms with van der Waals surface area (Å²) in [6.45, 7) is 10.7. The standard InChI is InChI=1S/C37H43BFNO5/c1-25(2)34-24-33(26-10-8-7-9-11-26)36(27-12-16-29(39)17-13-27)40(34)21-20-31-22-32(23-35(41)43-37(3,4)5)45-38(44-31)28-14-18-30(42-6)19-15-28/h7-19,24-25,31-32H,20-23H2,1-6H3. The Labute approximate surface area is 266 Å². The summed E-state index contributed by atoms with van der Waals surface area (Å²) in [4.78, 5) is 12.8. The molecule has 2 heterocycles. The Morgan fingerprint density at radius 2 is 1.62 bits per heavy atom. The van der Waals surface area contributed by atoms with Gasteiger partial charge in [0.05, 0.1) is 25.3 Å². The van der Waals surface area contributed by atoms with Crippen LogP contribution in [-0.4, -0.2) is 42.6 Å². The molecule has 1 aromatic heterocycles. The highest BCUT2D eigenvalue weighted by Gasteiger charge is 2.37. The molecule has 3 aromatic carbocycles. The first kappa shape index (κ1) is 32.5. The van der Waals surface area contributed by atoms with Crippen molar-refractivity contribution < 1.29 is 28.0 Å². The van der Waals surface area contributed by atoms with Crippen molar-refractivity contribution in [2.45, 2.75) is 84.2 Å². The second-order valence-corrected chi connectivity index (χ2v) is 12.9. The van der Waals surface area contributed by atoms with Crippen LogP contribution in [0.2, 0.25) is 0 Å². The van der Waals surface area contributed by atoms with Crippen LogP contribution in [0.5, 0.6) is 5.75 Å². The summed E-state index contributed by atoms with van der Waals surface area (Å²) in [5.41, 5.74) is 5.69. The van der Waals surface area contributed by atoms with Gasteiger partial charge in [0.15, 0.2) is 0 Å². The molecule has 0 N–H and O–H groups in total. The SMILES string of the molecule is COc1ccc(B2OC(CCn3c(C(C)C)cc(-c4ccccc4)c3-c3ccc(F)cc3)CC(CC(=O)OC(C)(C)C)O2)cc1. The minimum absolute atomic E-state index is 0.142. The topological polar surface area (TPSA) is 58.9 Å². The summed E-state index contributed by atoms with van der Waals surface area (Å²) >= 11 is 0. The summed E-state index contributed by atoms with van der Waals surface area (Å²) in [5.74, 6) is 0.440. The van der Waals surface area contributed by atoms with E-state index in [4.69, 9.17) is 18.8 Å². The molecular weight excluding hydrogens is 568 g/mol. The van der Waals surface area contributed by atoms with E-state index in [0.29, 0.717) is 19.4 Å². The maximum Gasteiger partial charge on any atom is 0.494 e. The second kappa shape index (κ2) is 14.0. The van der Waals surface area contributed by atoms with E-state index in [1.807, 2.05) is 75.4 Å². The van der Waals surface area contributed by atoms with Crippen molar-refractivity contribution in [2.24, 2.45) is 0 Å². The molecule has 2 unspecified atom stereocenters. The Kier molecular flexibility index (Phi) is 10.2. The maximum atomic E-state index is 14.0. The van der Waals surface area contributed by atoms with E-state index < -0.39 is 12.7 Å². The number of rotatable bonds is 10. The lowest BCUT2D eigenvalue weighted by Gasteiger charge is -2.35. The first-order chi connectivity index (χ1) is 21.5. The van der Waals surface area contributed by atoms with Crippen LogP contribution in [0.3, 0.4) is 0 Å². The Balaban J connectivity index is 1.46. The number of hydrogen-bond acceptors (Lipinski definition) is 5. The van der Waals surface area contributed by atoms with E-state index in [-0.39, 0.29) is 36.3 Å². The third-order valence-electron chi connectivity index (χ3n) is 7.96. The van der Waals surface area contributed by atoms with Crippen LogP contribution in [0.25, 0.3) is 22.4 Å². The van der Waals surface area contributed by atoms with Gasteiger partial charge in [-0.05, 0) is 98.6 Å². The third kappa shape index (κ3) is 8.24. The van der Waals surface area contributed by atoms with Gasteiger partial charge in [0.2, 0.25) is 0 Å². The number of carbonyl (C=O) groups excluding carboxylic acids is 1. The van der Waals surface area contributed by atoms with Crippen LogP contribution < -0.4 is 10.2 Å². The number of ether oxygens (including phenoxy) is 2. The number of nitrogens with zero attached hydrogens (tertiary/aromatic N) is 1. The fraction of sp³-hybridized carbons (Fsp3) is 0.378. The first-order valence-corrected chi connectivity index (χ1v) is 15.7. The molecule has 0 saturated carbocycles. The predicted molar refractivity (Wildman–Crippen MR) is 177 cm³/mol. The molecule has 1 aliphatic rings. The van der Waals surface area contributed by atoms with Crippen molar-refractivity contribution >= 4 is 18.6 Å². The first-order valence-electron chi connectivity index (χ1n) is 15.7. The van der Waals surface area contributed by atoms with Gasteiger partial charge in [0.1, 0.15) is 17.2 Å². The van der Waals surface area contributed by atoms with Crippen molar-refractivity contribution in [1.82, 2.24) is 4.57 Å². The molecule has 0 spiro atoms. The minimum Gasteiger partial charge on any atom is -0.497 e. The van der Waals surface area contributed by atoms with Gasteiger partial charge in [0, 0.05) is 23.9 Å². The van der Waals surface area contributed by atoms with Gasteiger partial charge in [-0.25, -0.2) is 4.39 Å². The molecule has 0 aliphatic carbocycles. The Bertz CT molecular complexity index is 1560. The summed E-state index contributed by atoms with van der Waals surface area (Å²) in [5, 5.41) is 0. The molecule has 45 heavy (non-hydrogen) atoms. The van der Waals surface area contributed by atoms with Gasteiger partial charge in [-0.2, -0.15) is 0 Å². The molecule has 0 amide bonds. The highest BCUT2D eigenvalue weighted by molar-refractivity contribution is 6.61. The molecule has 4 aromatic rings. The van der Waals surface area contributed by atoms with Crippen LogP contribution in [0.15, 0.2) is 84.9 Å². The van der Waals surface area contributed by atoms with Crippen LogP contribution in [0, 0.1) is 5.82 Å². The highest BCUT2D eigenvalue weighted by Crippen LogP contribution is 2.38. The maximum absolute atomic E-state index is 14.0. The van der Waals surface area contributed by atoms with Crippen molar-refractivity contribution in [1.29, 1.82) is 0 Å². The van der Waals surface area contributed by atoms with Crippen LogP contribution in [-0.2, 0) is 25.4 Å². The lowest BCUT2D eigenvalue weighted by molar-refractivity contribution is -0.157. The van der Waals surface area contributed by atoms with E-state index in [2.05, 4.69) is 36.6 Å². The molecule has 8 heteroatoms. The van der Waals surface area contributed by atoms with Crippen molar-refractivity contribution in [3.05, 3.63) is 96.4 Å². The summed E-state index contributed by atoms with van der Waals surface area (Å²) in [6.07, 6.45) is 0.848. The Morgan fingerprint density at radius 3 is 2.24 bits per heavy atom. The number of methoxy groups -OCH3 is 1. The average molecular weight is 612 g/mol. The van der Waals surface area contributed by atoms with Crippen LogP contribution in [0.1, 0.15) is 65.5 Å². The van der Waals surface area contributed by atoms with E-state index >= 15 is 0 Å². The Morgan fingerprint density at radius 1 is 0.956 bits per heavy atom. The fourth-order valence-electron chi connectivity index (χ4n) is 5.91. The number of aromatic nitrogens is 1. The zero-order valence-corrected chi connectivity index (χ0v) is 27.1. The normalized spacial score (nSPS) is 17.0. The van der Waals surface area contributed by atoms with E-state index in [9.17, 15) is 9.18 Å². The molecule has 0 bridgehead atoms. The number of esters is 1. The average Bonchev–Trinajstić information content (AvgIpc) is 3.40. The molecule has 6 nitrogen and oxygen atoms in total. The lowest BCUT2D eigenvalue weighted by Crippen LogP contribution is -2.49. The predicted octanol–water partition coefficient (Wildman–Crippen LogP) is 7.78. The van der Waals surface area contributed by atoms with Crippen LogP contribution in [0.4, 0.5) is 4.39 Å². The summed E-state index contributed by atoms with van der Waals surface area (Å²) in [6, 6.07) is 26.9. The third-order valence-corrected chi connectivity index (χ3v) is 7.96. The molecule has 2 atom stereocenters. The second-order valence-electron chi connectivity index (χ2n) is 12.9. The Hall–Kier alpha value is -3.88. The van der Waals surface area contributed by atoms with E-state index in [0.717, 1.165) is 33.6 Å². The largest absolute Gasteiger partial charge is 0.497 e. The minimum atomic E-state index is -0.632. The molecule has 5 rings (SSSR count).